The maximum atomic E-state index is 5.27. The van der Waals surface area contributed by atoms with Crippen LogP contribution < -0.4 is 11.2 Å². The molecule has 92 valence electrons. The van der Waals surface area contributed by atoms with Gasteiger partial charge >= 0.3 is 0 Å². The molecule has 4 nitrogen and oxygen atoms in total. The quantitative estimate of drug-likeness (QED) is 0.483. The molecule has 0 heterocycles. The summed E-state index contributed by atoms with van der Waals surface area (Å²) in [5.74, 6) is 0. The number of benzene rings is 1. The van der Waals surface area contributed by atoms with Crippen LogP contribution in [0.5, 0.6) is 0 Å². The topological polar surface area (TPSA) is 53.6 Å². The number of hydrazone groups is 1. The van der Waals surface area contributed by atoms with Gasteiger partial charge in [0.1, 0.15) is 0 Å². The SMILES string of the molecule is CC(c1cccc(C=NNC(N)=S)c1)N(C)C. The van der Waals surface area contributed by atoms with Gasteiger partial charge in [0, 0.05) is 6.04 Å². The van der Waals surface area contributed by atoms with E-state index in [0.717, 1.165) is 5.56 Å². The molecule has 5 heteroatoms. The lowest BCUT2D eigenvalue weighted by molar-refractivity contribution is 0.321. The van der Waals surface area contributed by atoms with E-state index in [2.05, 4.69) is 60.8 Å². The van der Waals surface area contributed by atoms with Gasteiger partial charge in [0.25, 0.3) is 0 Å². The highest BCUT2D eigenvalue weighted by Crippen LogP contribution is 2.17. The van der Waals surface area contributed by atoms with Gasteiger partial charge in [0.05, 0.1) is 6.21 Å². The summed E-state index contributed by atoms with van der Waals surface area (Å²) in [6.45, 7) is 2.16. The summed E-state index contributed by atoms with van der Waals surface area (Å²) < 4.78 is 0. The van der Waals surface area contributed by atoms with Gasteiger partial charge in [-0.2, -0.15) is 5.10 Å². The van der Waals surface area contributed by atoms with E-state index < -0.39 is 0 Å². The van der Waals surface area contributed by atoms with Crippen molar-refractivity contribution in [2.75, 3.05) is 14.1 Å². The normalized spacial score (nSPS) is 12.9. The summed E-state index contributed by atoms with van der Waals surface area (Å²) >= 11 is 4.66. The molecule has 0 aliphatic rings. The van der Waals surface area contributed by atoms with Crippen molar-refractivity contribution in [3.05, 3.63) is 35.4 Å². The van der Waals surface area contributed by atoms with Crippen LogP contribution in [0.15, 0.2) is 29.4 Å². The first kappa shape index (κ1) is 13.6. The standard InChI is InChI=1S/C12H18N4S/c1-9(16(2)3)11-6-4-5-10(7-11)8-14-15-12(13)17/h4-9H,1-3H3,(H3,13,15,17). The van der Waals surface area contributed by atoms with Crippen molar-refractivity contribution in [3.8, 4) is 0 Å². The third-order valence-electron chi connectivity index (χ3n) is 2.56. The van der Waals surface area contributed by atoms with Crippen LogP contribution in [0.1, 0.15) is 24.1 Å². The van der Waals surface area contributed by atoms with E-state index in [9.17, 15) is 0 Å². The first-order chi connectivity index (χ1) is 8.00. The molecule has 1 aromatic carbocycles. The van der Waals surface area contributed by atoms with E-state index >= 15 is 0 Å². The fraction of sp³-hybridized carbons (Fsp3) is 0.333. The predicted octanol–water partition coefficient (Wildman–Crippen LogP) is 1.48. The molecule has 0 spiro atoms. The summed E-state index contributed by atoms with van der Waals surface area (Å²) in [5.41, 5.74) is 10.1. The molecule has 0 bridgehead atoms. The average molecular weight is 250 g/mol. The first-order valence-electron chi connectivity index (χ1n) is 5.35. The molecular formula is C12H18N4S. The van der Waals surface area contributed by atoms with Crippen molar-refractivity contribution >= 4 is 23.5 Å². The lowest BCUT2D eigenvalue weighted by Crippen LogP contribution is -2.24. The maximum Gasteiger partial charge on any atom is 0.184 e. The molecule has 0 amide bonds. The van der Waals surface area contributed by atoms with Crippen LogP contribution >= 0.6 is 12.2 Å². The Kier molecular flexibility index (Phi) is 5.06. The third-order valence-corrected chi connectivity index (χ3v) is 2.65. The summed E-state index contributed by atoms with van der Waals surface area (Å²) in [4.78, 5) is 2.16. The Bertz CT molecular complexity index is 415. The van der Waals surface area contributed by atoms with Crippen molar-refractivity contribution in [2.45, 2.75) is 13.0 Å². The minimum Gasteiger partial charge on any atom is -0.375 e. The Morgan fingerprint density at radius 1 is 1.53 bits per heavy atom. The number of nitrogens with zero attached hydrogens (tertiary/aromatic N) is 2. The molecule has 0 aromatic heterocycles. The Morgan fingerprint density at radius 2 is 2.24 bits per heavy atom. The van der Waals surface area contributed by atoms with Gasteiger partial charge in [0.2, 0.25) is 0 Å². The molecule has 0 saturated heterocycles. The second kappa shape index (κ2) is 6.32. The molecule has 0 aliphatic heterocycles. The van der Waals surface area contributed by atoms with Crippen LogP contribution in [-0.4, -0.2) is 30.3 Å². The molecule has 0 saturated carbocycles. The molecule has 0 fully saturated rings. The number of hydrogen-bond donors (Lipinski definition) is 2. The molecule has 3 N–H and O–H groups in total. The molecule has 1 rings (SSSR count). The van der Waals surface area contributed by atoms with Crippen molar-refractivity contribution in [1.29, 1.82) is 0 Å². The highest BCUT2D eigenvalue weighted by Gasteiger charge is 2.07. The number of hydrogen-bond acceptors (Lipinski definition) is 3. The first-order valence-corrected chi connectivity index (χ1v) is 5.76. The summed E-state index contributed by atoms with van der Waals surface area (Å²) in [6.07, 6.45) is 1.70. The fourth-order valence-corrected chi connectivity index (χ4v) is 1.42. The second-order valence-electron chi connectivity index (χ2n) is 4.04. The zero-order chi connectivity index (χ0) is 12.8. The van der Waals surface area contributed by atoms with Crippen molar-refractivity contribution < 1.29 is 0 Å². The number of rotatable bonds is 4. The highest BCUT2D eigenvalue weighted by molar-refractivity contribution is 7.80. The minimum absolute atomic E-state index is 0.166. The van der Waals surface area contributed by atoms with E-state index in [-0.39, 0.29) is 5.11 Å². The van der Waals surface area contributed by atoms with Gasteiger partial charge in [-0.1, -0.05) is 18.2 Å². The van der Waals surface area contributed by atoms with E-state index in [4.69, 9.17) is 5.73 Å². The highest BCUT2D eigenvalue weighted by atomic mass is 32.1. The molecule has 17 heavy (non-hydrogen) atoms. The van der Waals surface area contributed by atoms with Crippen LogP contribution in [0, 0.1) is 0 Å². The van der Waals surface area contributed by atoms with Crippen LogP contribution in [0.25, 0.3) is 0 Å². The van der Waals surface area contributed by atoms with Gasteiger partial charge in [-0.15, -0.1) is 0 Å². The second-order valence-corrected chi connectivity index (χ2v) is 4.48. The van der Waals surface area contributed by atoms with Crippen molar-refractivity contribution in [3.63, 3.8) is 0 Å². The Balaban J connectivity index is 2.79. The molecule has 0 aliphatic carbocycles. The lowest BCUT2D eigenvalue weighted by Gasteiger charge is -2.20. The molecule has 0 radical (unpaired) electrons. The van der Waals surface area contributed by atoms with Crippen LogP contribution in [-0.2, 0) is 0 Å². The van der Waals surface area contributed by atoms with Crippen LogP contribution in [0.4, 0.5) is 0 Å². The Hall–Kier alpha value is -1.46. The maximum absolute atomic E-state index is 5.27. The molecule has 1 atom stereocenters. The van der Waals surface area contributed by atoms with Gasteiger partial charge < -0.3 is 10.6 Å². The summed E-state index contributed by atoms with van der Waals surface area (Å²) in [6, 6.07) is 8.55. The molecule has 1 unspecified atom stereocenters. The smallest absolute Gasteiger partial charge is 0.184 e. The Morgan fingerprint density at radius 3 is 2.82 bits per heavy atom. The van der Waals surface area contributed by atoms with Gasteiger partial charge in [-0.25, -0.2) is 0 Å². The van der Waals surface area contributed by atoms with Gasteiger partial charge in [-0.05, 0) is 50.4 Å². The summed E-state index contributed by atoms with van der Waals surface area (Å²) in [5, 5.41) is 4.10. The monoisotopic (exact) mass is 250 g/mol. The average Bonchev–Trinajstić information content (AvgIpc) is 2.28. The van der Waals surface area contributed by atoms with E-state index in [1.165, 1.54) is 5.56 Å². The van der Waals surface area contributed by atoms with E-state index in [1.54, 1.807) is 6.21 Å². The predicted molar refractivity (Wildman–Crippen MR) is 76.1 cm³/mol. The van der Waals surface area contributed by atoms with E-state index in [1.807, 2.05) is 12.1 Å². The fourth-order valence-electron chi connectivity index (χ4n) is 1.37. The summed E-state index contributed by atoms with van der Waals surface area (Å²) in [7, 11) is 4.11. The number of nitrogens with one attached hydrogen (secondary N) is 1. The van der Waals surface area contributed by atoms with Gasteiger partial charge in [0.15, 0.2) is 5.11 Å². The lowest BCUT2D eigenvalue weighted by atomic mass is 10.1. The largest absolute Gasteiger partial charge is 0.375 e. The van der Waals surface area contributed by atoms with Crippen molar-refractivity contribution in [1.82, 2.24) is 10.3 Å². The molecular weight excluding hydrogens is 232 g/mol. The zero-order valence-corrected chi connectivity index (χ0v) is 11.2. The van der Waals surface area contributed by atoms with Crippen LogP contribution in [0.3, 0.4) is 0 Å². The number of thiocarbonyl (C=S) groups is 1. The number of nitrogens with two attached hydrogens (primary N) is 1. The van der Waals surface area contributed by atoms with Crippen molar-refractivity contribution in [2.24, 2.45) is 10.8 Å². The third kappa shape index (κ3) is 4.50. The van der Waals surface area contributed by atoms with Crippen LogP contribution in [0.2, 0.25) is 0 Å². The van der Waals surface area contributed by atoms with Gasteiger partial charge in [-0.3, -0.25) is 5.43 Å². The Labute approximate surface area is 107 Å². The van der Waals surface area contributed by atoms with E-state index in [0.29, 0.717) is 6.04 Å². The molecule has 1 aromatic rings. The zero-order valence-electron chi connectivity index (χ0n) is 10.3. The minimum atomic E-state index is 0.166.